The standard InChI is InChI=1S/C8H12N2O5/c11-5-9-7-14-3-1-13-2-4-15-8-10-6-12/h1-4,7-8H2. The molecule has 0 aromatic heterocycles. The zero-order chi connectivity index (χ0) is 11.2. The van der Waals surface area contributed by atoms with Gasteiger partial charge in [-0.25, -0.2) is 9.59 Å². The molecule has 0 N–H and O–H groups in total. The number of isocyanates is 2. The summed E-state index contributed by atoms with van der Waals surface area (Å²) < 4.78 is 14.8. The fourth-order valence-electron chi connectivity index (χ4n) is 0.611. The van der Waals surface area contributed by atoms with Gasteiger partial charge in [0.05, 0.1) is 26.4 Å². The Kier molecular flexibility index (Phi) is 11.5. The maximum atomic E-state index is 9.61. The summed E-state index contributed by atoms with van der Waals surface area (Å²) in [5.41, 5.74) is 0. The lowest BCUT2D eigenvalue weighted by atomic mass is 10.7. The lowest BCUT2D eigenvalue weighted by Gasteiger charge is -2.03. The Bertz CT molecular complexity index is 209. The van der Waals surface area contributed by atoms with E-state index in [0.29, 0.717) is 26.4 Å². The Morgan fingerprint density at radius 2 is 1.13 bits per heavy atom. The number of ether oxygens (including phenoxy) is 3. The minimum atomic E-state index is -0.00257. The molecule has 7 heteroatoms. The second-order valence-electron chi connectivity index (χ2n) is 2.19. The van der Waals surface area contributed by atoms with E-state index in [1.54, 1.807) is 0 Å². The van der Waals surface area contributed by atoms with Crippen LogP contribution < -0.4 is 0 Å². The van der Waals surface area contributed by atoms with Crippen LogP contribution in [0.2, 0.25) is 0 Å². The number of carbonyl (C=O) groups excluding carboxylic acids is 2. The molecule has 0 amide bonds. The highest BCUT2D eigenvalue weighted by molar-refractivity contribution is 5.32. The van der Waals surface area contributed by atoms with Gasteiger partial charge in [-0.2, -0.15) is 9.98 Å². The van der Waals surface area contributed by atoms with Crippen molar-refractivity contribution in [3.05, 3.63) is 0 Å². The van der Waals surface area contributed by atoms with Crippen molar-refractivity contribution in [2.24, 2.45) is 9.98 Å². The molecule has 0 aliphatic rings. The molecule has 0 spiro atoms. The second kappa shape index (κ2) is 12.6. The molecule has 0 aliphatic carbocycles. The number of rotatable bonds is 10. The molecule has 0 aliphatic heterocycles. The molecule has 0 radical (unpaired) electrons. The highest BCUT2D eigenvalue weighted by atomic mass is 16.5. The van der Waals surface area contributed by atoms with Gasteiger partial charge in [0, 0.05) is 0 Å². The lowest BCUT2D eigenvalue weighted by Crippen LogP contribution is -2.09. The molecule has 0 aromatic rings. The Morgan fingerprint density at radius 1 is 0.733 bits per heavy atom. The molecule has 0 heterocycles. The fraction of sp³-hybridized carbons (Fsp3) is 0.750. The Labute approximate surface area is 86.7 Å². The van der Waals surface area contributed by atoms with Gasteiger partial charge in [-0.3, -0.25) is 0 Å². The first kappa shape index (κ1) is 13.6. The first-order chi connectivity index (χ1) is 7.41. The zero-order valence-corrected chi connectivity index (χ0v) is 8.18. The van der Waals surface area contributed by atoms with Gasteiger partial charge in [0.1, 0.15) is 13.5 Å². The number of aliphatic imine (C=N–C) groups is 2. The molecule has 0 fully saturated rings. The quantitative estimate of drug-likeness (QED) is 0.282. The topological polar surface area (TPSA) is 86.6 Å². The largest absolute Gasteiger partial charge is 0.377 e. The fourth-order valence-corrected chi connectivity index (χ4v) is 0.611. The maximum Gasteiger partial charge on any atom is 0.237 e. The van der Waals surface area contributed by atoms with E-state index in [1.165, 1.54) is 12.2 Å². The van der Waals surface area contributed by atoms with Crippen LogP contribution in [0.25, 0.3) is 0 Å². The molecule has 0 atom stereocenters. The van der Waals surface area contributed by atoms with E-state index in [9.17, 15) is 9.59 Å². The molecule has 0 rings (SSSR count). The molecular formula is C8H12N2O5. The number of hydrogen-bond donors (Lipinski definition) is 0. The minimum Gasteiger partial charge on any atom is -0.377 e. The van der Waals surface area contributed by atoms with Gasteiger partial charge in [-0.15, -0.1) is 0 Å². The highest BCUT2D eigenvalue weighted by Gasteiger charge is 1.89. The maximum absolute atomic E-state index is 9.61. The second-order valence-corrected chi connectivity index (χ2v) is 2.19. The summed E-state index contributed by atoms with van der Waals surface area (Å²) in [5, 5.41) is 0. The third kappa shape index (κ3) is 12.6. The van der Waals surface area contributed by atoms with Crippen molar-refractivity contribution in [3.63, 3.8) is 0 Å². The van der Waals surface area contributed by atoms with Gasteiger partial charge < -0.3 is 14.2 Å². The average molecular weight is 216 g/mol. The molecule has 0 bridgehead atoms. The van der Waals surface area contributed by atoms with E-state index < -0.39 is 0 Å². The van der Waals surface area contributed by atoms with Crippen LogP contribution in [-0.4, -0.2) is 52.0 Å². The third-order valence-electron chi connectivity index (χ3n) is 1.18. The predicted octanol–water partition coefficient (Wildman–Crippen LogP) is -0.377. The predicted molar refractivity (Wildman–Crippen MR) is 48.7 cm³/mol. The van der Waals surface area contributed by atoms with Crippen LogP contribution in [0.5, 0.6) is 0 Å². The number of nitrogens with zero attached hydrogens (tertiary/aromatic N) is 2. The van der Waals surface area contributed by atoms with E-state index in [1.807, 2.05) is 0 Å². The third-order valence-corrected chi connectivity index (χ3v) is 1.18. The summed E-state index contributed by atoms with van der Waals surface area (Å²) in [5.74, 6) is 0. The van der Waals surface area contributed by atoms with Crippen molar-refractivity contribution in [1.29, 1.82) is 0 Å². The first-order valence-electron chi connectivity index (χ1n) is 4.22. The van der Waals surface area contributed by atoms with Crippen LogP contribution in [0.15, 0.2) is 9.98 Å². The molecule has 15 heavy (non-hydrogen) atoms. The van der Waals surface area contributed by atoms with Gasteiger partial charge in [0.25, 0.3) is 0 Å². The highest BCUT2D eigenvalue weighted by Crippen LogP contribution is 1.81. The van der Waals surface area contributed by atoms with Gasteiger partial charge in [0.15, 0.2) is 0 Å². The van der Waals surface area contributed by atoms with Gasteiger partial charge in [0.2, 0.25) is 12.2 Å². The van der Waals surface area contributed by atoms with E-state index in [0.717, 1.165) is 0 Å². The Morgan fingerprint density at radius 3 is 1.53 bits per heavy atom. The van der Waals surface area contributed by atoms with Crippen LogP contribution in [-0.2, 0) is 23.8 Å². The van der Waals surface area contributed by atoms with Crippen molar-refractivity contribution in [1.82, 2.24) is 0 Å². The van der Waals surface area contributed by atoms with Crippen molar-refractivity contribution in [3.8, 4) is 0 Å². The molecule has 0 saturated heterocycles. The minimum absolute atomic E-state index is 0.00257. The van der Waals surface area contributed by atoms with Crippen LogP contribution in [0.1, 0.15) is 0 Å². The molecular weight excluding hydrogens is 204 g/mol. The Hall–Kier alpha value is -1.36. The zero-order valence-electron chi connectivity index (χ0n) is 8.18. The van der Waals surface area contributed by atoms with Crippen LogP contribution >= 0.6 is 0 Å². The van der Waals surface area contributed by atoms with Crippen molar-refractivity contribution in [2.45, 2.75) is 0 Å². The summed E-state index contributed by atoms with van der Waals surface area (Å²) in [7, 11) is 0. The SMILES string of the molecule is O=C=NCOCCOCCOCN=C=O. The van der Waals surface area contributed by atoms with Crippen LogP contribution in [0.3, 0.4) is 0 Å². The normalized spacial score (nSPS) is 9.07. The lowest BCUT2D eigenvalue weighted by molar-refractivity contribution is 0.0175. The Balaban J connectivity index is 2.98. The number of hydrogen-bond acceptors (Lipinski definition) is 7. The molecule has 84 valence electrons. The van der Waals surface area contributed by atoms with Crippen LogP contribution in [0, 0.1) is 0 Å². The smallest absolute Gasteiger partial charge is 0.237 e. The van der Waals surface area contributed by atoms with Gasteiger partial charge >= 0.3 is 0 Å². The van der Waals surface area contributed by atoms with Crippen molar-refractivity contribution < 1.29 is 23.8 Å². The monoisotopic (exact) mass is 216 g/mol. The summed E-state index contributed by atoms with van der Waals surface area (Å²) >= 11 is 0. The summed E-state index contributed by atoms with van der Waals surface area (Å²) in [4.78, 5) is 25.6. The molecule has 0 aromatic carbocycles. The van der Waals surface area contributed by atoms with E-state index in [-0.39, 0.29) is 13.5 Å². The summed E-state index contributed by atoms with van der Waals surface area (Å²) in [6.07, 6.45) is 2.69. The van der Waals surface area contributed by atoms with Crippen LogP contribution in [0.4, 0.5) is 0 Å². The molecule has 0 saturated carbocycles. The van der Waals surface area contributed by atoms with E-state index in [2.05, 4.69) is 9.98 Å². The molecule has 7 nitrogen and oxygen atoms in total. The molecule has 0 unspecified atom stereocenters. The average Bonchev–Trinajstić information content (AvgIpc) is 2.26. The van der Waals surface area contributed by atoms with E-state index in [4.69, 9.17) is 14.2 Å². The summed E-state index contributed by atoms with van der Waals surface area (Å²) in [6, 6.07) is 0. The van der Waals surface area contributed by atoms with Crippen molar-refractivity contribution in [2.75, 3.05) is 39.9 Å². The van der Waals surface area contributed by atoms with Crippen molar-refractivity contribution >= 4 is 12.2 Å². The van der Waals surface area contributed by atoms with E-state index >= 15 is 0 Å². The summed E-state index contributed by atoms with van der Waals surface area (Å²) in [6.45, 7) is 1.45. The van der Waals surface area contributed by atoms with Gasteiger partial charge in [-0.05, 0) is 0 Å². The first-order valence-corrected chi connectivity index (χ1v) is 4.22. The van der Waals surface area contributed by atoms with Gasteiger partial charge in [-0.1, -0.05) is 0 Å².